The molecule has 1 unspecified atom stereocenters. The second-order valence-corrected chi connectivity index (χ2v) is 6.94. The number of anilines is 1. The molecule has 1 amide bonds. The molecular weight excluding hydrogens is 332 g/mol. The highest BCUT2D eigenvalue weighted by atomic mass is 16.3. The molecule has 7 heteroatoms. The van der Waals surface area contributed by atoms with E-state index in [1.165, 1.54) is 31.6 Å². The quantitative estimate of drug-likeness (QED) is 0.875. The van der Waals surface area contributed by atoms with Crippen LogP contribution in [0.5, 0.6) is 0 Å². The van der Waals surface area contributed by atoms with Crippen LogP contribution in [0.3, 0.4) is 0 Å². The number of nitrogens with two attached hydrogens (primary N) is 1. The minimum Gasteiger partial charge on any atom is -0.463 e. The van der Waals surface area contributed by atoms with Gasteiger partial charge in [0.1, 0.15) is 17.4 Å². The highest BCUT2D eigenvalue weighted by Gasteiger charge is 2.23. The molecule has 1 aliphatic rings. The minimum atomic E-state index is -0.745. The van der Waals surface area contributed by atoms with E-state index in [1.54, 1.807) is 19.1 Å². The lowest BCUT2D eigenvalue weighted by Crippen LogP contribution is -2.42. The topological polar surface area (TPSA) is 103 Å². The van der Waals surface area contributed by atoms with Gasteiger partial charge in [0.15, 0.2) is 5.76 Å². The molecule has 0 radical (unpaired) electrons. The van der Waals surface area contributed by atoms with E-state index in [9.17, 15) is 9.59 Å². The first kappa shape index (κ1) is 18.2. The van der Waals surface area contributed by atoms with E-state index in [4.69, 9.17) is 10.2 Å². The van der Waals surface area contributed by atoms with Crippen molar-refractivity contribution in [1.29, 1.82) is 0 Å². The lowest BCUT2D eigenvalue weighted by Gasteiger charge is -2.23. The van der Waals surface area contributed by atoms with E-state index in [2.05, 4.69) is 10.4 Å². The van der Waals surface area contributed by atoms with Gasteiger partial charge in [-0.1, -0.05) is 32.1 Å². The summed E-state index contributed by atoms with van der Waals surface area (Å²) >= 11 is 0. The van der Waals surface area contributed by atoms with Crippen LogP contribution in [0.2, 0.25) is 0 Å². The highest BCUT2D eigenvalue weighted by Crippen LogP contribution is 2.20. The van der Waals surface area contributed by atoms with Gasteiger partial charge in [0.25, 0.3) is 5.56 Å². The largest absolute Gasteiger partial charge is 0.463 e. The van der Waals surface area contributed by atoms with Crippen molar-refractivity contribution in [3.63, 3.8) is 0 Å². The van der Waals surface area contributed by atoms with E-state index in [-0.39, 0.29) is 17.6 Å². The molecule has 7 nitrogen and oxygen atoms in total. The van der Waals surface area contributed by atoms with Crippen LogP contribution in [0.15, 0.2) is 33.7 Å². The first-order chi connectivity index (χ1) is 12.6. The van der Waals surface area contributed by atoms with Gasteiger partial charge in [0, 0.05) is 6.04 Å². The normalized spacial score (nSPS) is 17.3. The molecular formula is C19H26N4O3. The van der Waals surface area contributed by atoms with E-state index in [0.29, 0.717) is 11.5 Å². The smallest absolute Gasteiger partial charge is 0.290 e. The summed E-state index contributed by atoms with van der Waals surface area (Å²) in [5.41, 5.74) is 5.84. The van der Waals surface area contributed by atoms with Gasteiger partial charge < -0.3 is 15.5 Å². The predicted molar refractivity (Wildman–Crippen MR) is 99.6 cm³/mol. The van der Waals surface area contributed by atoms with Crippen molar-refractivity contribution in [1.82, 2.24) is 15.1 Å². The molecule has 140 valence electrons. The van der Waals surface area contributed by atoms with Crippen molar-refractivity contribution in [3.05, 3.63) is 34.8 Å². The Hall–Kier alpha value is -2.57. The maximum atomic E-state index is 12.7. The van der Waals surface area contributed by atoms with Gasteiger partial charge in [0.05, 0.1) is 6.26 Å². The lowest BCUT2D eigenvalue weighted by atomic mass is 9.96. The van der Waals surface area contributed by atoms with E-state index >= 15 is 0 Å². The Balaban J connectivity index is 1.78. The average Bonchev–Trinajstić information content (AvgIpc) is 3.13. The van der Waals surface area contributed by atoms with Crippen LogP contribution < -0.4 is 16.6 Å². The number of carbonyl (C=O) groups is 1. The van der Waals surface area contributed by atoms with Crippen LogP contribution in [0.4, 0.5) is 5.69 Å². The summed E-state index contributed by atoms with van der Waals surface area (Å²) in [6.07, 6.45) is 9.43. The van der Waals surface area contributed by atoms with Crippen LogP contribution in [0, 0.1) is 0 Å². The molecule has 0 bridgehead atoms. The maximum Gasteiger partial charge on any atom is 0.290 e. The predicted octanol–water partition coefficient (Wildman–Crippen LogP) is 2.88. The van der Waals surface area contributed by atoms with Crippen molar-refractivity contribution in [2.24, 2.45) is 0 Å². The zero-order chi connectivity index (χ0) is 18.5. The number of furan rings is 1. The van der Waals surface area contributed by atoms with Gasteiger partial charge in [0.2, 0.25) is 5.91 Å². The second-order valence-electron chi connectivity index (χ2n) is 6.94. The van der Waals surface area contributed by atoms with Crippen molar-refractivity contribution in [2.75, 3.05) is 5.73 Å². The average molecular weight is 358 g/mol. The molecule has 0 spiro atoms. The Labute approximate surface area is 152 Å². The molecule has 0 saturated heterocycles. The molecule has 1 saturated carbocycles. The molecule has 2 aromatic heterocycles. The van der Waals surface area contributed by atoms with Crippen molar-refractivity contribution < 1.29 is 9.21 Å². The van der Waals surface area contributed by atoms with Crippen LogP contribution in [-0.4, -0.2) is 21.7 Å². The Morgan fingerprint density at radius 3 is 2.65 bits per heavy atom. The fraction of sp³-hybridized carbons (Fsp3) is 0.526. The molecule has 1 atom stereocenters. The molecule has 0 aliphatic heterocycles. The summed E-state index contributed by atoms with van der Waals surface area (Å²) in [4.78, 5) is 25.1. The van der Waals surface area contributed by atoms with E-state index in [1.807, 2.05) is 0 Å². The maximum absolute atomic E-state index is 12.7. The Kier molecular flexibility index (Phi) is 5.75. The first-order valence-electron chi connectivity index (χ1n) is 9.30. The summed E-state index contributed by atoms with van der Waals surface area (Å²) < 4.78 is 6.47. The molecule has 1 fully saturated rings. The van der Waals surface area contributed by atoms with Gasteiger partial charge >= 0.3 is 0 Å². The summed E-state index contributed by atoms with van der Waals surface area (Å²) in [5, 5.41) is 7.38. The van der Waals surface area contributed by atoms with Crippen LogP contribution in [0.1, 0.15) is 57.9 Å². The second kappa shape index (κ2) is 8.21. The molecule has 2 aromatic rings. The summed E-state index contributed by atoms with van der Waals surface area (Å²) in [6, 6.07) is 4.34. The Morgan fingerprint density at radius 2 is 2.00 bits per heavy atom. The van der Waals surface area contributed by atoms with Gasteiger partial charge in [-0.05, 0) is 38.0 Å². The SMILES string of the molecule is CC(C(=O)NC1CCCCCCC1)n1nc(-c2ccco2)cc(N)c1=O. The third-order valence-corrected chi connectivity index (χ3v) is 4.93. The summed E-state index contributed by atoms with van der Waals surface area (Å²) in [5.74, 6) is 0.291. The van der Waals surface area contributed by atoms with Crippen LogP contribution in [0.25, 0.3) is 11.5 Å². The minimum absolute atomic E-state index is 0.0389. The number of nitrogens with zero attached hydrogens (tertiary/aromatic N) is 2. The van der Waals surface area contributed by atoms with E-state index in [0.717, 1.165) is 30.4 Å². The fourth-order valence-corrected chi connectivity index (χ4v) is 3.37. The third kappa shape index (κ3) is 4.15. The number of aromatic nitrogens is 2. The van der Waals surface area contributed by atoms with Gasteiger partial charge in [-0.2, -0.15) is 5.10 Å². The zero-order valence-corrected chi connectivity index (χ0v) is 15.1. The Morgan fingerprint density at radius 1 is 1.31 bits per heavy atom. The third-order valence-electron chi connectivity index (χ3n) is 4.93. The number of nitrogens with one attached hydrogen (secondary N) is 1. The van der Waals surface area contributed by atoms with Gasteiger partial charge in [-0.3, -0.25) is 9.59 Å². The Bertz CT molecular complexity index is 790. The monoisotopic (exact) mass is 358 g/mol. The van der Waals surface area contributed by atoms with Crippen LogP contribution in [-0.2, 0) is 4.79 Å². The number of carbonyl (C=O) groups excluding carboxylic acids is 1. The van der Waals surface area contributed by atoms with E-state index < -0.39 is 11.6 Å². The fourth-order valence-electron chi connectivity index (χ4n) is 3.37. The lowest BCUT2D eigenvalue weighted by molar-refractivity contribution is -0.125. The number of hydrogen-bond acceptors (Lipinski definition) is 5. The molecule has 2 heterocycles. The van der Waals surface area contributed by atoms with Gasteiger partial charge in [-0.25, -0.2) is 4.68 Å². The molecule has 3 N–H and O–H groups in total. The van der Waals surface area contributed by atoms with Crippen LogP contribution >= 0.6 is 0 Å². The zero-order valence-electron chi connectivity index (χ0n) is 15.1. The number of hydrogen-bond donors (Lipinski definition) is 2. The number of rotatable bonds is 4. The molecule has 3 rings (SSSR count). The molecule has 0 aromatic carbocycles. The number of amides is 1. The van der Waals surface area contributed by atoms with Crippen molar-refractivity contribution in [2.45, 2.75) is 64.0 Å². The highest BCUT2D eigenvalue weighted by molar-refractivity contribution is 5.80. The summed E-state index contributed by atoms with van der Waals surface area (Å²) in [6.45, 7) is 1.66. The number of nitrogen functional groups attached to an aromatic ring is 1. The molecule has 1 aliphatic carbocycles. The molecule has 26 heavy (non-hydrogen) atoms. The standard InChI is InChI=1S/C19H26N4O3/c1-13(18(24)21-14-8-5-3-2-4-6-9-14)23-19(25)15(20)12-16(22-23)17-10-7-11-26-17/h7,10-14H,2-6,8-9,20H2,1H3,(H,21,24). The van der Waals surface area contributed by atoms with Gasteiger partial charge in [-0.15, -0.1) is 0 Å². The van der Waals surface area contributed by atoms with Crippen molar-refractivity contribution in [3.8, 4) is 11.5 Å². The van der Waals surface area contributed by atoms with Crippen molar-refractivity contribution >= 4 is 11.6 Å². The first-order valence-corrected chi connectivity index (χ1v) is 9.30. The summed E-state index contributed by atoms with van der Waals surface area (Å²) in [7, 11) is 0.